The average Bonchev–Trinajstić information content (AvgIpc) is 2.69. The van der Waals surface area contributed by atoms with Gasteiger partial charge in [-0.25, -0.2) is 14.3 Å². The Balaban J connectivity index is 1.97. The van der Waals surface area contributed by atoms with Gasteiger partial charge in [-0.05, 0) is 12.1 Å². The van der Waals surface area contributed by atoms with E-state index in [1.54, 1.807) is 0 Å². The second kappa shape index (κ2) is 8.19. The average molecular weight is 422 g/mol. The summed E-state index contributed by atoms with van der Waals surface area (Å²) in [6.07, 6.45) is -2.96. The second-order valence-corrected chi connectivity index (χ2v) is 5.79. The topological polar surface area (TPSA) is 105 Å². The summed E-state index contributed by atoms with van der Waals surface area (Å²) in [5.41, 5.74) is -3.78. The van der Waals surface area contributed by atoms with Crippen LogP contribution in [-0.4, -0.2) is 32.0 Å². The summed E-state index contributed by atoms with van der Waals surface area (Å²) in [6, 6.07) is 7.25. The standard InChI is InChI=1S/C18H13F3N4O5/c1-24-12(18(19,20)21)10-16(27)25(17(24)28)13-3-2-4-14(23-13)30-11-5-6-22-15(9-11)29-8-7-26/h2-7,9-10H,8H2,1H3. The summed E-state index contributed by atoms with van der Waals surface area (Å²) in [4.78, 5) is 42.8. The van der Waals surface area contributed by atoms with Crippen LogP contribution in [0, 0.1) is 0 Å². The molecule has 0 aliphatic carbocycles. The van der Waals surface area contributed by atoms with Crippen LogP contribution in [0.15, 0.2) is 52.2 Å². The van der Waals surface area contributed by atoms with Crippen molar-refractivity contribution < 1.29 is 27.4 Å². The van der Waals surface area contributed by atoms with Crippen molar-refractivity contribution in [3.8, 4) is 23.3 Å². The van der Waals surface area contributed by atoms with Gasteiger partial charge in [-0.3, -0.25) is 14.2 Å². The zero-order valence-corrected chi connectivity index (χ0v) is 15.3. The van der Waals surface area contributed by atoms with Crippen LogP contribution < -0.4 is 20.7 Å². The van der Waals surface area contributed by atoms with E-state index in [0.29, 0.717) is 21.5 Å². The van der Waals surface area contributed by atoms with Crippen molar-refractivity contribution in [2.75, 3.05) is 6.61 Å². The van der Waals surface area contributed by atoms with E-state index in [0.717, 1.165) is 7.05 Å². The molecule has 3 rings (SSSR count). The molecule has 0 unspecified atom stereocenters. The smallest absolute Gasteiger partial charge is 0.431 e. The Kier molecular flexibility index (Phi) is 5.67. The Hall–Kier alpha value is -3.96. The number of aldehydes is 1. The SMILES string of the molecule is Cn1c(C(F)(F)F)cc(=O)n(-c2cccc(Oc3ccnc(OCC=O)c3)n2)c1=O. The molecule has 3 aromatic heterocycles. The monoisotopic (exact) mass is 422 g/mol. The van der Waals surface area contributed by atoms with E-state index in [9.17, 15) is 27.6 Å². The van der Waals surface area contributed by atoms with E-state index in [2.05, 4.69) is 9.97 Å². The van der Waals surface area contributed by atoms with Gasteiger partial charge in [0.2, 0.25) is 11.8 Å². The minimum Gasteiger partial charge on any atom is -0.470 e. The lowest BCUT2D eigenvalue weighted by Gasteiger charge is -2.14. The molecule has 12 heteroatoms. The summed E-state index contributed by atoms with van der Waals surface area (Å²) < 4.78 is 50.3. The molecule has 0 atom stereocenters. The maximum atomic E-state index is 13.0. The predicted molar refractivity (Wildman–Crippen MR) is 95.9 cm³/mol. The van der Waals surface area contributed by atoms with Crippen LogP contribution in [0.25, 0.3) is 5.82 Å². The fourth-order valence-electron chi connectivity index (χ4n) is 2.47. The van der Waals surface area contributed by atoms with E-state index in [1.165, 1.54) is 36.5 Å². The number of aromatic nitrogens is 4. The van der Waals surface area contributed by atoms with Gasteiger partial charge in [-0.15, -0.1) is 0 Å². The zero-order chi connectivity index (χ0) is 21.9. The molecule has 156 valence electrons. The Morgan fingerprint density at radius 1 is 1.13 bits per heavy atom. The van der Waals surface area contributed by atoms with Crippen molar-refractivity contribution in [2.45, 2.75) is 6.18 Å². The molecule has 0 aliphatic rings. The minimum absolute atomic E-state index is 0.0473. The highest BCUT2D eigenvalue weighted by atomic mass is 19.4. The van der Waals surface area contributed by atoms with Gasteiger partial charge in [0.25, 0.3) is 5.56 Å². The number of pyridine rings is 2. The zero-order valence-electron chi connectivity index (χ0n) is 15.3. The van der Waals surface area contributed by atoms with Crippen molar-refractivity contribution in [3.63, 3.8) is 0 Å². The number of alkyl halides is 3. The Bertz CT molecular complexity index is 1200. The summed E-state index contributed by atoms with van der Waals surface area (Å²) in [7, 11) is 0.902. The largest absolute Gasteiger partial charge is 0.470 e. The van der Waals surface area contributed by atoms with E-state index in [4.69, 9.17) is 9.47 Å². The predicted octanol–water partition coefficient (Wildman–Crippen LogP) is 1.71. The fourth-order valence-corrected chi connectivity index (χ4v) is 2.47. The van der Waals surface area contributed by atoms with Gasteiger partial charge in [0.15, 0.2) is 6.29 Å². The maximum absolute atomic E-state index is 13.0. The number of hydrogen-bond donors (Lipinski definition) is 0. The molecule has 0 fully saturated rings. The number of ether oxygens (including phenoxy) is 2. The van der Waals surface area contributed by atoms with Gasteiger partial charge in [-0.2, -0.15) is 18.2 Å². The highest BCUT2D eigenvalue weighted by Gasteiger charge is 2.35. The molecule has 0 aliphatic heterocycles. The molecule has 30 heavy (non-hydrogen) atoms. The number of carbonyl (C=O) groups is 1. The van der Waals surface area contributed by atoms with E-state index >= 15 is 0 Å². The molecule has 0 N–H and O–H groups in total. The van der Waals surface area contributed by atoms with Gasteiger partial charge in [0.05, 0.1) is 0 Å². The lowest BCUT2D eigenvalue weighted by molar-refractivity contribution is -0.144. The third-order valence-corrected chi connectivity index (χ3v) is 3.78. The highest BCUT2D eigenvalue weighted by Crippen LogP contribution is 2.27. The second-order valence-electron chi connectivity index (χ2n) is 5.79. The molecule has 0 amide bonds. The lowest BCUT2D eigenvalue weighted by atomic mass is 10.3. The van der Waals surface area contributed by atoms with Crippen LogP contribution >= 0.6 is 0 Å². The molecule has 0 radical (unpaired) electrons. The number of halogens is 3. The van der Waals surface area contributed by atoms with Crippen molar-refractivity contribution in [1.82, 2.24) is 19.1 Å². The number of nitrogens with zero attached hydrogens (tertiary/aromatic N) is 4. The Labute approximate surface area is 166 Å². The van der Waals surface area contributed by atoms with E-state index in [-0.39, 0.29) is 29.9 Å². The number of hydrogen-bond acceptors (Lipinski definition) is 7. The number of carbonyl (C=O) groups excluding carboxylic acids is 1. The molecule has 0 saturated heterocycles. The minimum atomic E-state index is -4.87. The third-order valence-electron chi connectivity index (χ3n) is 3.78. The van der Waals surface area contributed by atoms with Crippen LogP contribution in [-0.2, 0) is 18.0 Å². The van der Waals surface area contributed by atoms with Crippen molar-refractivity contribution in [1.29, 1.82) is 0 Å². The van der Waals surface area contributed by atoms with E-state index < -0.39 is 23.1 Å². The normalized spacial score (nSPS) is 11.2. The summed E-state index contributed by atoms with van der Waals surface area (Å²) in [5, 5.41) is 0. The van der Waals surface area contributed by atoms with Crippen molar-refractivity contribution in [3.05, 3.63) is 69.1 Å². The van der Waals surface area contributed by atoms with Crippen LogP contribution in [0.4, 0.5) is 13.2 Å². The lowest BCUT2D eigenvalue weighted by Crippen LogP contribution is -2.41. The third kappa shape index (κ3) is 4.37. The molecule has 0 spiro atoms. The first-order valence-electron chi connectivity index (χ1n) is 8.29. The van der Waals surface area contributed by atoms with Crippen LogP contribution in [0.3, 0.4) is 0 Å². The fraction of sp³-hybridized carbons (Fsp3) is 0.167. The first-order valence-corrected chi connectivity index (χ1v) is 8.29. The molecule has 0 bridgehead atoms. The first kappa shape index (κ1) is 20.8. The van der Waals surface area contributed by atoms with Crippen LogP contribution in [0.2, 0.25) is 0 Å². The quantitative estimate of drug-likeness (QED) is 0.557. The molecular weight excluding hydrogens is 409 g/mol. The van der Waals surface area contributed by atoms with Crippen LogP contribution in [0.5, 0.6) is 17.5 Å². The summed E-state index contributed by atoms with van der Waals surface area (Å²) in [6.45, 7) is -0.204. The van der Waals surface area contributed by atoms with Crippen molar-refractivity contribution >= 4 is 6.29 Å². The van der Waals surface area contributed by atoms with E-state index in [1.807, 2.05) is 0 Å². The Morgan fingerprint density at radius 3 is 2.60 bits per heavy atom. The van der Waals surface area contributed by atoms with Crippen LogP contribution in [0.1, 0.15) is 5.69 Å². The highest BCUT2D eigenvalue weighted by molar-refractivity contribution is 5.51. The molecule has 3 heterocycles. The number of rotatable bonds is 6. The first-order chi connectivity index (χ1) is 14.2. The maximum Gasteiger partial charge on any atom is 0.431 e. The van der Waals surface area contributed by atoms with Gasteiger partial charge in [0, 0.05) is 31.4 Å². The molecule has 0 aromatic carbocycles. The van der Waals surface area contributed by atoms with Crippen molar-refractivity contribution in [2.24, 2.45) is 7.05 Å². The summed E-state index contributed by atoms with van der Waals surface area (Å²) in [5.74, 6) is 0.0685. The molecule has 9 nitrogen and oxygen atoms in total. The molecular formula is C18H13F3N4O5. The molecule has 3 aromatic rings. The summed E-state index contributed by atoms with van der Waals surface area (Å²) >= 11 is 0. The Morgan fingerprint density at radius 2 is 1.90 bits per heavy atom. The van der Waals surface area contributed by atoms with Gasteiger partial charge in [0.1, 0.15) is 23.9 Å². The molecule has 0 saturated carbocycles. The van der Waals surface area contributed by atoms with Gasteiger partial charge < -0.3 is 9.47 Å². The van der Waals surface area contributed by atoms with Gasteiger partial charge in [-0.1, -0.05) is 6.07 Å². The van der Waals surface area contributed by atoms with Gasteiger partial charge >= 0.3 is 11.9 Å².